The number of benzene rings is 2. The SMILES string of the molecule is COc1ccc(C(=O)N2CCN(C)CC2)cc1S(=O)(=O)NCc1ccccc1. The van der Waals surface area contributed by atoms with Crippen molar-refractivity contribution in [1.29, 1.82) is 0 Å². The summed E-state index contributed by atoms with van der Waals surface area (Å²) in [6, 6.07) is 13.8. The molecule has 7 nitrogen and oxygen atoms in total. The standard InChI is InChI=1S/C20H25N3O4S/c1-22-10-12-23(13-11-22)20(24)17-8-9-18(27-2)19(14-17)28(25,26)21-15-16-6-4-3-5-7-16/h3-9,14,21H,10-13,15H2,1-2H3. The van der Waals surface area contributed by atoms with Crippen LogP contribution >= 0.6 is 0 Å². The second-order valence-corrected chi connectivity index (χ2v) is 8.51. The fraction of sp³-hybridized carbons (Fsp3) is 0.350. The third-order valence-corrected chi connectivity index (χ3v) is 6.22. The molecular formula is C20H25N3O4S. The Morgan fingerprint density at radius 1 is 1.07 bits per heavy atom. The third-order valence-electron chi connectivity index (χ3n) is 4.80. The number of nitrogens with one attached hydrogen (secondary N) is 1. The number of likely N-dealkylation sites (N-methyl/N-ethyl adjacent to an activating group) is 1. The summed E-state index contributed by atoms with van der Waals surface area (Å²) in [5.41, 5.74) is 1.18. The molecule has 1 N–H and O–H groups in total. The number of methoxy groups -OCH3 is 1. The van der Waals surface area contributed by atoms with Gasteiger partial charge in [-0.2, -0.15) is 0 Å². The van der Waals surface area contributed by atoms with Crippen molar-refractivity contribution in [2.45, 2.75) is 11.4 Å². The van der Waals surface area contributed by atoms with Gasteiger partial charge in [-0.05, 0) is 30.8 Å². The molecule has 1 aliphatic rings. The van der Waals surface area contributed by atoms with E-state index in [1.54, 1.807) is 11.0 Å². The van der Waals surface area contributed by atoms with Crippen molar-refractivity contribution in [2.75, 3.05) is 40.3 Å². The van der Waals surface area contributed by atoms with Crippen molar-refractivity contribution in [2.24, 2.45) is 0 Å². The van der Waals surface area contributed by atoms with E-state index in [9.17, 15) is 13.2 Å². The number of ether oxygens (including phenoxy) is 1. The van der Waals surface area contributed by atoms with Gasteiger partial charge in [0, 0.05) is 38.3 Å². The Kier molecular flexibility index (Phi) is 6.33. The Labute approximate surface area is 166 Å². The quantitative estimate of drug-likeness (QED) is 0.792. The molecule has 3 rings (SSSR count). The van der Waals surface area contributed by atoms with Crippen LogP contribution in [0.15, 0.2) is 53.4 Å². The van der Waals surface area contributed by atoms with Gasteiger partial charge in [0.05, 0.1) is 7.11 Å². The first kappa shape index (κ1) is 20.3. The first-order valence-corrected chi connectivity index (χ1v) is 10.6. The molecule has 1 fully saturated rings. The molecule has 0 spiro atoms. The average Bonchev–Trinajstić information content (AvgIpc) is 2.72. The normalized spacial score (nSPS) is 15.4. The molecule has 0 saturated carbocycles. The summed E-state index contributed by atoms with van der Waals surface area (Å²) in [5, 5.41) is 0. The number of carbonyl (C=O) groups excluding carboxylic acids is 1. The van der Waals surface area contributed by atoms with Crippen LogP contribution in [0, 0.1) is 0 Å². The second kappa shape index (κ2) is 8.72. The minimum Gasteiger partial charge on any atom is -0.495 e. The minimum absolute atomic E-state index is 0.0362. The number of hydrogen-bond donors (Lipinski definition) is 1. The summed E-state index contributed by atoms with van der Waals surface area (Å²) in [7, 11) is -0.428. The van der Waals surface area contributed by atoms with E-state index in [1.807, 2.05) is 37.4 Å². The monoisotopic (exact) mass is 403 g/mol. The summed E-state index contributed by atoms with van der Waals surface area (Å²) >= 11 is 0. The molecule has 0 unspecified atom stereocenters. The maximum atomic E-state index is 12.9. The summed E-state index contributed by atoms with van der Waals surface area (Å²) < 4.78 is 33.5. The van der Waals surface area contributed by atoms with Crippen molar-refractivity contribution in [3.63, 3.8) is 0 Å². The van der Waals surface area contributed by atoms with Crippen LogP contribution in [0.5, 0.6) is 5.75 Å². The maximum Gasteiger partial charge on any atom is 0.253 e. The highest BCUT2D eigenvalue weighted by Gasteiger charge is 2.25. The van der Waals surface area contributed by atoms with Crippen LogP contribution in [0.1, 0.15) is 15.9 Å². The Morgan fingerprint density at radius 2 is 1.75 bits per heavy atom. The predicted octanol–water partition coefficient (Wildman–Crippen LogP) is 1.56. The zero-order valence-electron chi connectivity index (χ0n) is 16.1. The van der Waals surface area contributed by atoms with Gasteiger partial charge in [-0.1, -0.05) is 30.3 Å². The number of piperazine rings is 1. The van der Waals surface area contributed by atoms with Gasteiger partial charge in [0.1, 0.15) is 10.6 Å². The molecule has 2 aromatic carbocycles. The van der Waals surface area contributed by atoms with Crippen LogP contribution in [0.3, 0.4) is 0 Å². The largest absolute Gasteiger partial charge is 0.495 e. The van der Waals surface area contributed by atoms with Gasteiger partial charge in [-0.25, -0.2) is 13.1 Å². The smallest absolute Gasteiger partial charge is 0.253 e. The van der Waals surface area contributed by atoms with Gasteiger partial charge in [-0.3, -0.25) is 4.79 Å². The molecule has 1 heterocycles. The van der Waals surface area contributed by atoms with E-state index in [0.29, 0.717) is 18.7 Å². The lowest BCUT2D eigenvalue weighted by Gasteiger charge is -2.32. The number of sulfonamides is 1. The van der Waals surface area contributed by atoms with Crippen LogP contribution in [-0.2, 0) is 16.6 Å². The third kappa shape index (κ3) is 4.70. The zero-order valence-corrected chi connectivity index (χ0v) is 16.9. The molecule has 0 atom stereocenters. The Morgan fingerprint density at radius 3 is 2.39 bits per heavy atom. The molecule has 1 amide bonds. The van der Waals surface area contributed by atoms with Crippen molar-refractivity contribution in [3.05, 3.63) is 59.7 Å². The van der Waals surface area contributed by atoms with Crippen molar-refractivity contribution in [3.8, 4) is 5.75 Å². The van der Waals surface area contributed by atoms with E-state index in [4.69, 9.17) is 4.74 Å². The minimum atomic E-state index is -3.85. The lowest BCUT2D eigenvalue weighted by molar-refractivity contribution is 0.0664. The molecule has 1 aliphatic heterocycles. The van der Waals surface area contributed by atoms with E-state index < -0.39 is 10.0 Å². The van der Waals surface area contributed by atoms with Crippen LogP contribution in [0.25, 0.3) is 0 Å². The van der Waals surface area contributed by atoms with E-state index in [1.165, 1.54) is 19.2 Å². The lowest BCUT2D eigenvalue weighted by Crippen LogP contribution is -2.47. The van der Waals surface area contributed by atoms with Crippen LogP contribution in [-0.4, -0.2) is 64.5 Å². The van der Waals surface area contributed by atoms with Gasteiger partial charge in [-0.15, -0.1) is 0 Å². The van der Waals surface area contributed by atoms with E-state index in [-0.39, 0.29) is 23.1 Å². The Bertz CT molecular complexity index is 924. The molecule has 2 aromatic rings. The van der Waals surface area contributed by atoms with Gasteiger partial charge in [0.15, 0.2) is 0 Å². The van der Waals surface area contributed by atoms with Crippen molar-refractivity contribution < 1.29 is 17.9 Å². The molecule has 0 bridgehead atoms. The Hall–Kier alpha value is -2.42. The molecule has 150 valence electrons. The molecular weight excluding hydrogens is 378 g/mol. The molecule has 1 saturated heterocycles. The van der Waals surface area contributed by atoms with E-state index in [0.717, 1.165) is 18.7 Å². The highest BCUT2D eigenvalue weighted by Crippen LogP contribution is 2.26. The fourth-order valence-electron chi connectivity index (χ4n) is 3.06. The fourth-order valence-corrected chi connectivity index (χ4v) is 4.27. The molecule has 0 radical (unpaired) electrons. The number of nitrogens with zero attached hydrogens (tertiary/aromatic N) is 2. The summed E-state index contributed by atoms with van der Waals surface area (Å²) in [6.07, 6.45) is 0. The van der Waals surface area contributed by atoms with Crippen LogP contribution in [0.4, 0.5) is 0 Å². The van der Waals surface area contributed by atoms with Gasteiger partial charge in [0.25, 0.3) is 5.91 Å². The lowest BCUT2D eigenvalue weighted by atomic mass is 10.1. The summed E-state index contributed by atoms with van der Waals surface area (Å²) in [6.45, 7) is 2.99. The average molecular weight is 404 g/mol. The van der Waals surface area contributed by atoms with E-state index in [2.05, 4.69) is 9.62 Å². The number of carbonyl (C=O) groups is 1. The maximum absolute atomic E-state index is 12.9. The van der Waals surface area contributed by atoms with Crippen LogP contribution in [0.2, 0.25) is 0 Å². The number of rotatable bonds is 6. The predicted molar refractivity (Wildman–Crippen MR) is 107 cm³/mol. The highest BCUT2D eigenvalue weighted by atomic mass is 32.2. The van der Waals surface area contributed by atoms with Gasteiger partial charge >= 0.3 is 0 Å². The molecule has 0 aromatic heterocycles. The number of amides is 1. The first-order chi connectivity index (χ1) is 13.4. The summed E-state index contributed by atoms with van der Waals surface area (Å²) in [5.74, 6) is 0.0331. The topological polar surface area (TPSA) is 79.0 Å². The summed E-state index contributed by atoms with van der Waals surface area (Å²) in [4.78, 5) is 16.7. The zero-order chi connectivity index (χ0) is 20.1. The molecule has 28 heavy (non-hydrogen) atoms. The molecule has 0 aliphatic carbocycles. The number of hydrogen-bond acceptors (Lipinski definition) is 5. The van der Waals surface area contributed by atoms with Crippen LogP contribution < -0.4 is 9.46 Å². The first-order valence-electron chi connectivity index (χ1n) is 9.10. The van der Waals surface area contributed by atoms with Crippen molar-refractivity contribution >= 4 is 15.9 Å². The second-order valence-electron chi connectivity index (χ2n) is 6.77. The van der Waals surface area contributed by atoms with E-state index >= 15 is 0 Å². The van der Waals surface area contributed by atoms with Crippen molar-refractivity contribution in [1.82, 2.24) is 14.5 Å². The van der Waals surface area contributed by atoms with Gasteiger partial charge < -0.3 is 14.5 Å². The molecule has 8 heteroatoms. The highest BCUT2D eigenvalue weighted by molar-refractivity contribution is 7.89. The van der Waals surface area contributed by atoms with Gasteiger partial charge in [0.2, 0.25) is 10.0 Å². The Balaban J connectivity index is 1.83.